The second-order valence-corrected chi connectivity index (χ2v) is 4.10. The predicted molar refractivity (Wildman–Crippen MR) is 56.8 cm³/mol. The molecule has 0 saturated heterocycles. The van der Waals surface area contributed by atoms with Crippen LogP contribution in [0.4, 0.5) is 13.2 Å². The number of hydrogen-bond donors (Lipinski definition) is 2. The van der Waals surface area contributed by atoms with Crippen LogP contribution < -0.4 is 0 Å². The van der Waals surface area contributed by atoms with Gasteiger partial charge in [0, 0.05) is 28.2 Å². The predicted octanol–water partition coefficient (Wildman–Crippen LogP) is 2.84. The Bertz CT molecular complexity index is 639. The van der Waals surface area contributed by atoms with E-state index in [1.165, 1.54) is 18.2 Å². The van der Waals surface area contributed by atoms with Gasteiger partial charge in [0.1, 0.15) is 0 Å². The fraction of sp³-hybridized carbons (Fsp3) is 0.273. The topological polar surface area (TPSA) is 60.7 Å². The third-order valence-electron chi connectivity index (χ3n) is 3.04. The van der Waals surface area contributed by atoms with Crippen molar-refractivity contribution < 1.29 is 18.3 Å². The van der Waals surface area contributed by atoms with Crippen molar-refractivity contribution in [2.75, 3.05) is 0 Å². The van der Waals surface area contributed by atoms with Gasteiger partial charge >= 0.3 is 11.8 Å². The molecule has 0 atom stereocenters. The van der Waals surface area contributed by atoms with Gasteiger partial charge in [0.15, 0.2) is 0 Å². The lowest BCUT2D eigenvalue weighted by Gasteiger charge is -2.14. The monoisotopic (exact) mass is 255 g/mol. The molecule has 2 aromatic rings. The lowest BCUT2D eigenvalue weighted by atomic mass is 10.0. The van der Waals surface area contributed by atoms with Gasteiger partial charge in [-0.2, -0.15) is 13.2 Å². The van der Waals surface area contributed by atoms with Crippen molar-refractivity contribution in [2.45, 2.75) is 18.4 Å². The number of alkyl halides is 3. The van der Waals surface area contributed by atoms with E-state index in [-0.39, 0.29) is 12.2 Å². The Morgan fingerprint density at radius 2 is 2.00 bits per heavy atom. The summed E-state index contributed by atoms with van der Waals surface area (Å²) < 4.78 is 38.4. The van der Waals surface area contributed by atoms with Gasteiger partial charge in [0.25, 0.3) is 0 Å². The molecule has 2 N–H and O–H groups in total. The van der Waals surface area contributed by atoms with Crippen molar-refractivity contribution in [3.63, 3.8) is 0 Å². The van der Waals surface area contributed by atoms with Crippen LogP contribution in [0.3, 0.4) is 0 Å². The Hall–Kier alpha value is -1.89. The molecule has 0 aliphatic carbocycles. The zero-order valence-electron chi connectivity index (χ0n) is 8.99. The summed E-state index contributed by atoms with van der Waals surface area (Å²) in [5, 5.41) is 16.0. The number of halogens is 3. The zero-order chi connectivity index (χ0) is 13.0. The highest BCUT2D eigenvalue weighted by Crippen LogP contribution is 2.52. The summed E-state index contributed by atoms with van der Waals surface area (Å²) in [5.41, 5.74) is -1.25. The summed E-state index contributed by atoms with van der Waals surface area (Å²) in [6.45, 7) is -0.168. The van der Waals surface area contributed by atoms with Gasteiger partial charge < -0.3 is 10.1 Å². The van der Waals surface area contributed by atoms with Gasteiger partial charge in [-0.15, -0.1) is 10.2 Å². The fourth-order valence-electron chi connectivity index (χ4n) is 1.98. The van der Waals surface area contributed by atoms with E-state index < -0.39 is 11.8 Å². The van der Waals surface area contributed by atoms with Gasteiger partial charge in [-0.25, -0.2) is 0 Å². The van der Waals surface area contributed by atoms with Crippen LogP contribution in [0.15, 0.2) is 34.6 Å². The number of benzene rings is 1. The number of H-pyrrole nitrogens is 1. The maximum atomic E-state index is 12.8. The molecule has 1 aliphatic heterocycles. The molecule has 4 nitrogen and oxygen atoms in total. The fourth-order valence-corrected chi connectivity index (χ4v) is 1.98. The van der Waals surface area contributed by atoms with E-state index in [9.17, 15) is 13.2 Å². The Morgan fingerprint density at radius 3 is 2.56 bits per heavy atom. The molecule has 0 amide bonds. The number of nitrogens with zero attached hydrogens (tertiary/aromatic N) is 2. The zero-order valence-corrected chi connectivity index (χ0v) is 8.99. The summed E-state index contributed by atoms with van der Waals surface area (Å²) in [6, 6.07) is 4.23. The average molecular weight is 255 g/mol. The van der Waals surface area contributed by atoms with Crippen molar-refractivity contribution in [1.82, 2.24) is 4.98 Å². The average Bonchev–Trinajstić information content (AvgIpc) is 3.04. The molecule has 18 heavy (non-hydrogen) atoms. The lowest BCUT2D eigenvalue weighted by molar-refractivity contribution is -0.166. The molecule has 0 spiro atoms. The normalized spacial score (nSPS) is 17.3. The molecule has 1 aliphatic rings. The van der Waals surface area contributed by atoms with Crippen molar-refractivity contribution >= 4 is 10.9 Å². The van der Waals surface area contributed by atoms with Gasteiger partial charge in [-0.05, 0) is 6.07 Å². The minimum absolute atomic E-state index is 0.0196. The molecule has 94 valence electrons. The molecular formula is C11H8F3N3O. The van der Waals surface area contributed by atoms with Crippen molar-refractivity contribution in [3.8, 4) is 0 Å². The molecule has 0 radical (unpaired) electrons. The molecular weight excluding hydrogens is 247 g/mol. The Labute approximate surface area is 99.1 Å². The summed E-state index contributed by atoms with van der Waals surface area (Å²) >= 11 is 0. The molecule has 2 heterocycles. The number of nitrogens with one attached hydrogen (secondary N) is 1. The van der Waals surface area contributed by atoms with Crippen molar-refractivity contribution in [1.29, 1.82) is 0 Å². The first-order chi connectivity index (χ1) is 8.48. The molecule has 1 aromatic heterocycles. The van der Waals surface area contributed by atoms with E-state index in [4.69, 9.17) is 5.11 Å². The van der Waals surface area contributed by atoms with Crippen LogP contribution in [0, 0.1) is 0 Å². The molecule has 0 bridgehead atoms. The number of fused-ring (bicyclic) bond motifs is 1. The van der Waals surface area contributed by atoms with Crippen LogP contribution >= 0.6 is 0 Å². The number of aromatic amines is 1. The van der Waals surface area contributed by atoms with E-state index in [2.05, 4.69) is 15.2 Å². The summed E-state index contributed by atoms with van der Waals surface area (Å²) in [6.07, 6.45) is -2.96. The first kappa shape index (κ1) is 11.2. The standard InChI is InChI=1S/C11H8F3N3O/c12-11(13,14)10(16-17-10)7-1-2-8-6(5-18)4-15-9(8)3-7/h1-4,15,18H,5H2. The maximum Gasteiger partial charge on any atom is 0.442 e. The summed E-state index contributed by atoms with van der Waals surface area (Å²) in [4.78, 5) is 2.82. The highest BCUT2D eigenvalue weighted by molar-refractivity contribution is 5.84. The van der Waals surface area contributed by atoms with Gasteiger partial charge in [0.2, 0.25) is 0 Å². The van der Waals surface area contributed by atoms with Gasteiger partial charge in [0.05, 0.1) is 6.61 Å². The summed E-state index contributed by atoms with van der Waals surface area (Å²) in [7, 11) is 0. The number of aliphatic hydroxyl groups excluding tert-OH is 1. The highest BCUT2D eigenvalue weighted by atomic mass is 19.4. The van der Waals surface area contributed by atoms with Crippen LogP contribution in [0.2, 0.25) is 0 Å². The molecule has 0 fully saturated rings. The van der Waals surface area contributed by atoms with Crippen LogP contribution in [0.5, 0.6) is 0 Å². The lowest BCUT2D eigenvalue weighted by Crippen LogP contribution is -2.30. The smallest absolute Gasteiger partial charge is 0.392 e. The van der Waals surface area contributed by atoms with Crippen LogP contribution in [0.25, 0.3) is 10.9 Å². The summed E-state index contributed by atoms with van der Waals surface area (Å²) in [5.74, 6) is 0. The van der Waals surface area contributed by atoms with Crippen LogP contribution in [-0.4, -0.2) is 16.3 Å². The van der Waals surface area contributed by atoms with E-state index in [1.807, 2.05) is 0 Å². The molecule has 1 aromatic carbocycles. The van der Waals surface area contributed by atoms with E-state index in [0.717, 1.165) is 0 Å². The number of hydrogen-bond acceptors (Lipinski definition) is 3. The minimum Gasteiger partial charge on any atom is -0.392 e. The molecule has 0 unspecified atom stereocenters. The third kappa shape index (κ3) is 1.37. The van der Waals surface area contributed by atoms with Crippen molar-refractivity contribution in [3.05, 3.63) is 35.5 Å². The third-order valence-corrected chi connectivity index (χ3v) is 3.04. The van der Waals surface area contributed by atoms with Crippen LogP contribution in [0.1, 0.15) is 11.1 Å². The van der Waals surface area contributed by atoms with E-state index in [1.54, 1.807) is 6.20 Å². The molecule has 7 heteroatoms. The van der Waals surface area contributed by atoms with Crippen molar-refractivity contribution in [2.24, 2.45) is 10.2 Å². The molecule has 3 rings (SSSR count). The number of aliphatic hydroxyl groups is 1. The van der Waals surface area contributed by atoms with E-state index >= 15 is 0 Å². The first-order valence-corrected chi connectivity index (χ1v) is 5.20. The Morgan fingerprint density at radius 1 is 1.28 bits per heavy atom. The second kappa shape index (κ2) is 3.32. The number of rotatable bonds is 2. The van der Waals surface area contributed by atoms with E-state index in [0.29, 0.717) is 16.5 Å². The SMILES string of the molecule is OCc1c[nH]c2cc(C3(C(F)(F)F)N=N3)ccc12. The second-order valence-electron chi connectivity index (χ2n) is 4.10. The highest BCUT2D eigenvalue weighted by Gasteiger charge is 2.65. The quantitative estimate of drug-likeness (QED) is 0.851. The minimum atomic E-state index is -4.52. The Balaban J connectivity index is 2.10. The van der Waals surface area contributed by atoms with Gasteiger partial charge in [-0.3, -0.25) is 0 Å². The molecule has 0 saturated carbocycles. The van der Waals surface area contributed by atoms with Gasteiger partial charge in [-0.1, -0.05) is 12.1 Å². The number of aromatic nitrogens is 1. The largest absolute Gasteiger partial charge is 0.442 e. The maximum absolute atomic E-state index is 12.8. The first-order valence-electron chi connectivity index (χ1n) is 5.20. The van der Waals surface area contributed by atoms with Crippen LogP contribution in [-0.2, 0) is 12.3 Å². The Kier molecular flexibility index (Phi) is 2.07.